The van der Waals surface area contributed by atoms with E-state index in [4.69, 9.17) is 4.74 Å². The van der Waals surface area contributed by atoms with Crippen LogP contribution in [0.4, 0.5) is 13.2 Å². The van der Waals surface area contributed by atoms with Crippen molar-refractivity contribution in [1.29, 1.82) is 0 Å². The van der Waals surface area contributed by atoms with Crippen LogP contribution < -0.4 is 4.74 Å². The van der Waals surface area contributed by atoms with Crippen molar-refractivity contribution in [3.63, 3.8) is 0 Å². The molecule has 1 amide bonds. The lowest BCUT2D eigenvalue weighted by Crippen LogP contribution is -2.36. The summed E-state index contributed by atoms with van der Waals surface area (Å²) in [7, 11) is 4.05. The third kappa shape index (κ3) is 5.12. The van der Waals surface area contributed by atoms with Crippen LogP contribution in [0.2, 0.25) is 0 Å². The van der Waals surface area contributed by atoms with Crippen LogP contribution in [0.5, 0.6) is 5.75 Å². The van der Waals surface area contributed by atoms with Crippen molar-refractivity contribution in [3.05, 3.63) is 29.8 Å². The summed E-state index contributed by atoms with van der Waals surface area (Å²) >= 11 is 0. The molecule has 1 aliphatic heterocycles. The Morgan fingerprint density at radius 2 is 2.04 bits per heavy atom. The van der Waals surface area contributed by atoms with Crippen molar-refractivity contribution in [2.24, 2.45) is 0 Å². The highest BCUT2D eigenvalue weighted by molar-refractivity contribution is 5.77. The van der Waals surface area contributed by atoms with Gasteiger partial charge in [-0.3, -0.25) is 4.79 Å². The predicted octanol–water partition coefficient (Wildman–Crippen LogP) is 3.03. The minimum absolute atomic E-state index is 0.0548. The normalized spacial score (nSPS) is 19.2. The number of benzene rings is 1. The van der Waals surface area contributed by atoms with E-state index in [9.17, 15) is 18.0 Å². The number of ether oxygens (including phenoxy) is 1. The molecule has 4 nitrogen and oxygen atoms in total. The van der Waals surface area contributed by atoms with Crippen LogP contribution in [0, 0.1) is 0 Å². The van der Waals surface area contributed by atoms with E-state index in [0.717, 1.165) is 31.4 Å². The van der Waals surface area contributed by atoms with Gasteiger partial charge in [0.15, 0.2) is 6.61 Å². The Hall–Kier alpha value is -1.76. The summed E-state index contributed by atoms with van der Waals surface area (Å²) in [6, 6.07) is 5.04. The topological polar surface area (TPSA) is 32.8 Å². The summed E-state index contributed by atoms with van der Waals surface area (Å²) in [5.74, 6) is -0.133. The van der Waals surface area contributed by atoms with Gasteiger partial charge in [0.05, 0.1) is 5.56 Å². The molecule has 1 aromatic rings. The molecule has 24 heavy (non-hydrogen) atoms. The number of hydrogen-bond acceptors (Lipinski definition) is 3. The Kier molecular flexibility index (Phi) is 6.10. The van der Waals surface area contributed by atoms with E-state index >= 15 is 0 Å². The molecule has 1 aliphatic rings. The molecule has 1 heterocycles. The average Bonchev–Trinajstić information content (AvgIpc) is 2.78. The van der Waals surface area contributed by atoms with Crippen LogP contribution >= 0.6 is 0 Å². The average molecular weight is 344 g/mol. The maximum Gasteiger partial charge on any atom is 0.416 e. The fraction of sp³-hybridized carbons (Fsp3) is 0.588. The highest BCUT2D eigenvalue weighted by Gasteiger charge is 2.30. The van der Waals surface area contributed by atoms with Crippen LogP contribution in [0.25, 0.3) is 0 Å². The van der Waals surface area contributed by atoms with Crippen molar-refractivity contribution >= 4 is 5.91 Å². The molecule has 7 heteroatoms. The summed E-state index contributed by atoms with van der Waals surface area (Å²) in [6.45, 7) is 1.07. The Morgan fingerprint density at radius 1 is 1.29 bits per heavy atom. The van der Waals surface area contributed by atoms with Gasteiger partial charge in [0.1, 0.15) is 5.75 Å². The summed E-state index contributed by atoms with van der Waals surface area (Å²) in [4.78, 5) is 16.1. The van der Waals surface area contributed by atoms with E-state index in [0.29, 0.717) is 19.1 Å². The lowest BCUT2D eigenvalue weighted by Gasteiger charge is -2.23. The summed E-state index contributed by atoms with van der Waals surface area (Å²) in [6.07, 6.45) is -1.58. The van der Waals surface area contributed by atoms with Gasteiger partial charge < -0.3 is 14.5 Å². The number of carbonyl (C=O) groups excluding carboxylic acids is 1. The van der Waals surface area contributed by atoms with Gasteiger partial charge in [-0.2, -0.15) is 13.2 Å². The van der Waals surface area contributed by atoms with Gasteiger partial charge in [0, 0.05) is 19.1 Å². The molecule has 2 rings (SSSR count). The molecular weight excluding hydrogens is 321 g/mol. The molecule has 1 atom stereocenters. The van der Waals surface area contributed by atoms with Gasteiger partial charge in [-0.05, 0) is 51.6 Å². The first-order valence-corrected chi connectivity index (χ1v) is 8.01. The maximum absolute atomic E-state index is 12.7. The molecule has 0 aliphatic carbocycles. The van der Waals surface area contributed by atoms with E-state index in [-0.39, 0.29) is 18.3 Å². The van der Waals surface area contributed by atoms with Gasteiger partial charge >= 0.3 is 6.18 Å². The van der Waals surface area contributed by atoms with Crippen LogP contribution in [0.15, 0.2) is 24.3 Å². The summed E-state index contributed by atoms with van der Waals surface area (Å²) in [5, 5.41) is 0. The first-order valence-electron chi connectivity index (χ1n) is 8.01. The van der Waals surface area contributed by atoms with Crippen LogP contribution in [0.3, 0.4) is 0 Å². The monoisotopic (exact) mass is 344 g/mol. The number of amides is 1. The van der Waals surface area contributed by atoms with Crippen molar-refractivity contribution in [3.8, 4) is 5.75 Å². The number of carbonyl (C=O) groups is 1. The molecule has 0 radical (unpaired) electrons. The maximum atomic E-state index is 12.7. The van der Waals surface area contributed by atoms with Crippen LogP contribution in [0.1, 0.15) is 24.8 Å². The number of halogens is 3. The van der Waals surface area contributed by atoms with Gasteiger partial charge in [-0.15, -0.1) is 0 Å². The molecule has 0 spiro atoms. The van der Waals surface area contributed by atoms with Crippen LogP contribution in [-0.4, -0.2) is 55.5 Å². The fourth-order valence-electron chi connectivity index (χ4n) is 2.84. The van der Waals surface area contributed by atoms with Gasteiger partial charge in [-0.25, -0.2) is 0 Å². The van der Waals surface area contributed by atoms with Gasteiger partial charge in [0.25, 0.3) is 5.91 Å². The molecule has 0 saturated carbocycles. The van der Waals surface area contributed by atoms with E-state index in [2.05, 4.69) is 4.90 Å². The smallest absolute Gasteiger partial charge is 0.416 e. The third-order valence-corrected chi connectivity index (χ3v) is 4.30. The van der Waals surface area contributed by atoms with Crippen molar-refractivity contribution < 1.29 is 22.7 Å². The molecule has 0 bridgehead atoms. The molecular formula is C17H23F3N2O2. The Bertz CT molecular complexity index is 561. The zero-order valence-electron chi connectivity index (χ0n) is 14.0. The Balaban J connectivity index is 1.89. The highest BCUT2D eigenvalue weighted by atomic mass is 19.4. The zero-order chi connectivity index (χ0) is 17.7. The summed E-state index contributed by atoms with van der Waals surface area (Å²) < 4.78 is 43.3. The Labute approximate surface area is 140 Å². The first kappa shape index (κ1) is 18.6. The van der Waals surface area contributed by atoms with E-state index in [1.54, 1.807) is 4.90 Å². The van der Waals surface area contributed by atoms with E-state index < -0.39 is 11.7 Å². The second-order valence-electron chi connectivity index (χ2n) is 6.24. The molecule has 1 fully saturated rings. The van der Waals surface area contributed by atoms with Crippen molar-refractivity contribution in [2.45, 2.75) is 31.5 Å². The standard InChI is InChI=1S/C17H23F3N2O2/c1-21(2)14-6-4-9-22(10-8-14)16(23)12-24-15-7-3-5-13(11-15)17(18,19)20/h3,5,7,11,14H,4,6,8-10,12H2,1-2H3/t14-/m1/s1. The Morgan fingerprint density at radius 3 is 2.71 bits per heavy atom. The lowest BCUT2D eigenvalue weighted by atomic mass is 10.1. The number of rotatable bonds is 4. The highest BCUT2D eigenvalue weighted by Crippen LogP contribution is 2.31. The fourth-order valence-corrected chi connectivity index (χ4v) is 2.84. The van der Waals surface area contributed by atoms with Gasteiger partial charge in [-0.1, -0.05) is 6.07 Å². The number of nitrogens with zero attached hydrogens (tertiary/aromatic N) is 2. The van der Waals surface area contributed by atoms with Gasteiger partial charge in [0.2, 0.25) is 0 Å². The predicted molar refractivity (Wildman–Crippen MR) is 84.8 cm³/mol. The number of alkyl halides is 3. The number of likely N-dealkylation sites (tertiary alicyclic amines) is 1. The second kappa shape index (κ2) is 7.88. The molecule has 0 unspecified atom stereocenters. The second-order valence-corrected chi connectivity index (χ2v) is 6.24. The van der Waals surface area contributed by atoms with E-state index in [1.165, 1.54) is 12.1 Å². The minimum Gasteiger partial charge on any atom is -0.484 e. The molecule has 1 aromatic carbocycles. The van der Waals surface area contributed by atoms with E-state index in [1.807, 2.05) is 14.1 Å². The quantitative estimate of drug-likeness (QED) is 0.842. The molecule has 134 valence electrons. The summed E-state index contributed by atoms with van der Waals surface area (Å²) in [5.41, 5.74) is -0.781. The largest absolute Gasteiger partial charge is 0.484 e. The third-order valence-electron chi connectivity index (χ3n) is 4.30. The molecule has 1 saturated heterocycles. The van der Waals surface area contributed by atoms with Crippen molar-refractivity contribution in [1.82, 2.24) is 9.80 Å². The first-order chi connectivity index (χ1) is 11.3. The lowest BCUT2D eigenvalue weighted by molar-refractivity contribution is -0.137. The zero-order valence-corrected chi connectivity index (χ0v) is 14.0. The SMILES string of the molecule is CN(C)[C@@H]1CCCN(C(=O)COc2cccc(C(F)(F)F)c2)CC1. The number of hydrogen-bond donors (Lipinski definition) is 0. The molecule has 0 N–H and O–H groups in total. The molecule has 0 aromatic heterocycles. The van der Waals surface area contributed by atoms with Crippen molar-refractivity contribution in [2.75, 3.05) is 33.8 Å². The minimum atomic E-state index is -4.42. The van der Waals surface area contributed by atoms with Crippen LogP contribution in [-0.2, 0) is 11.0 Å².